The molecule has 1 aromatic rings. The molecule has 3 nitrogen and oxygen atoms in total. The van der Waals surface area contributed by atoms with Gasteiger partial charge in [-0.05, 0) is 49.7 Å². The Morgan fingerprint density at radius 3 is 2.95 bits per heavy atom. The normalized spacial score (nSPS) is 29.2. The lowest BCUT2D eigenvalue weighted by atomic mass is 9.74. The van der Waals surface area contributed by atoms with Crippen LogP contribution in [0.3, 0.4) is 0 Å². The van der Waals surface area contributed by atoms with Crippen molar-refractivity contribution in [1.82, 2.24) is 4.57 Å². The minimum absolute atomic E-state index is 0.205. The van der Waals surface area contributed by atoms with Crippen molar-refractivity contribution in [3.05, 3.63) is 23.0 Å². The molecule has 1 aliphatic carbocycles. The topological polar surface area (TPSA) is 40.2 Å². The van der Waals surface area contributed by atoms with Crippen LogP contribution in [-0.2, 0) is 17.7 Å². The molecule has 2 aliphatic rings. The molecule has 1 fully saturated rings. The molecule has 0 aromatic carbocycles. The minimum atomic E-state index is 0.205. The van der Waals surface area contributed by atoms with E-state index in [1.807, 2.05) is 0 Å². The van der Waals surface area contributed by atoms with Crippen LogP contribution in [-0.4, -0.2) is 17.8 Å². The van der Waals surface area contributed by atoms with Crippen molar-refractivity contribution in [3.63, 3.8) is 0 Å². The third-order valence-corrected chi connectivity index (χ3v) is 4.96. The molecule has 2 unspecified atom stereocenters. The van der Waals surface area contributed by atoms with Crippen LogP contribution in [0.15, 0.2) is 6.07 Å². The van der Waals surface area contributed by atoms with Crippen LogP contribution in [0.5, 0.6) is 0 Å². The molecule has 112 valence electrons. The maximum atomic E-state index is 6.40. The lowest BCUT2D eigenvalue weighted by Gasteiger charge is -2.35. The zero-order valence-electron chi connectivity index (χ0n) is 13.1. The Morgan fingerprint density at radius 2 is 2.25 bits per heavy atom. The first-order chi connectivity index (χ1) is 9.46. The van der Waals surface area contributed by atoms with E-state index in [1.165, 1.54) is 29.8 Å². The third kappa shape index (κ3) is 2.66. The van der Waals surface area contributed by atoms with Crippen molar-refractivity contribution in [3.8, 4) is 0 Å². The van der Waals surface area contributed by atoms with Crippen molar-refractivity contribution in [2.45, 2.75) is 59.0 Å². The lowest BCUT2D eigenvalue weighted by Crippen LogP contribution is -2.31. The van der Waals surface area contributed by atoms with Crippen molar-refractivity contribution in [2.75, 3.05) is 13.2 Å². The predicted octanol–water partition coefficient (Wildman–Crippen LogP) is 3.20. The molecule has 0 saturated carbocycles. The van der Waals surface area contributed by atoms with Crippen molar-refractivity contribution < 1.29 is 4.74 Å². The van der Waals surface area contributed by atoms with Gasteiger partial charge in [0.1, 0.15) is 0 Å². The average molecular weight is 276 g/mol. The van der Waals surface area contributed by atoms with Gasteiger partial charge in [-0.1, -0.05) is 13.8 Å². The van der Waals surface area contributed by atoms with Gasteiger partial charge < -0.3 is 15.0 Å². The molecule has 1 saturated heterocycles. The van der Waals surface area contributed by atoms with Gasteiger partial charge in [-0.3, -0.25) is 0 Å². The SMILES string of the molecule is Cc1cc2c(n1CC1CCCOC1)CC(C)(C)CC2N. The van der Waals surface area contributed by atoms with E-state index in [0.717, 1.165) is 32.6 Å². The highest BCUT2D eigenvalue weighted by molar-refractivity contribution is 5.34. The summed E-state index contributed by atoms with van der Waals surface area (Å²) in [6.07, 6.45) is 4.74. The quantitative estimate of drug-likeness (QED) is 0.901. The third-order valence-electron chi connectivity index (χ3n) is 4.96. The molecule has 0 radical (unpaired) electrons. The van der Waals surface area contributed by atoms with E-state index in [-0.39, 0.29) is 6.04 Å². The number of ether oxygens (including phenoxy) is 1. The van der Waals surface area contributed by atoms with E-state index in [0.29, 0.717) is 11.3 Å². The van der Waals surface area contributed by atoms with Crippen LogP contribution in [0.2, 0.25) is 0 Å². The number of aryl methyl sites for hydroxylation is 1. The molecule has 3 rings (SSSR count). The summed E-state index contributed by atoms with van der Waals surface area (Å²) in [4.78, 5) is 0. The summed E-state index contributed by atoms with van der Waals surface area (Å²) in [5.41, 5.74) is 11.0. The average Bonchev–Trinajstić information content (AvgIpc) is 2.67. The second-order valence-electron chi connectivity index (χ2n) is 7.53. The fourth-order valence-electron chi connectivity index (χ4n) is 3.97. The van der Waals surface area contributed by atoms with Gasteiger partial charge in [-0.25, -0.2) is 0 Å². The van der Waals surface area contributed by atoms with Crippen molar-refractivity contribution in [1.29, 1.82) is 0 Å². The number of fused-ring (bicyclic) bond motifs is 1. The second kappa shape index (κ2) is 5.19. The van der Waals surface area contributed by atoms with Gasteiger partial charge in [0.05, 0.1) is 6.61 Å². The summed E-state index contributed by atoms with van der Waals surface area (Å²) in [5, 5.41) is 0. The van der Waals surface area contributed by atoms with Gasteiger partial charge in [0.2, 0.25) is 0 Å². The maximum Gasteiger partial charge on any atom is 0.0511 e. The second-order valence-corrected chi connectivity index (χ2v) is 7.53. The fourth-order valence-corrected chi connectivity index (χ4v) is 3.97. The molecule has 0 amide bonds. The molecule has 2 N–H and O–H groups in total. The Morgan fingerprint density at radius 1 is 1.45 bits per heavy atom. The van der Waals surface area contributed by atoms with Gasteiger partial charge in [-0.15, -0.1) is 0 Å². The maximum absolute atomic E-state index is 6.40. The Bertz CT molecular complexity index is 483. The zero-order chi connectivity index (χ0) is 14.3. The number of nitrogens with zero attached hydrogens (tertiary/aromatic N) is 1. The molecule has 2 heterocycles. The van der Waals surface area contributed by atoms with Gasteiger partial charge >= 0.3 is 0 Å². The lowest BCUT2D eigenvalue weighted by molar-refractivity contribution is 0.0476. The van der Waals surface area contributed by atoms with Crippen LogP contribution in [0.4, 0.5) is 0 Å². The summed E-state index contributed by atoms with van der Waals surface area (Å²) in [5.74, 6) is 0.667. The summed E-state index contributed by atoms with van der Waals surface area (Å²) < 4.78 is 8.16. The van der Waals surface area contributed by atoms with Crippen LogP contribution >= 0.6 is 0 Å². The highest BCUT2D eigenvalue weighted by Crippen LogP contribution is 2.41. The predicted molar refractivity (Wildman–Crippen MR) is 81.7 cm³/mol. The van der Waals surface area contributed by atoms with E-state index in [1.54, 1.807) is 0 Å². The molecular weight excluding hydrogens is 248 g/mol. The van der Waals surface area contributed by atoms with Gasteiger partial charge in [0.25, 0.3) is 0 Å². The number of hydrogen-bond acceptors (Lipinski definition) is 2. The molecule has 0 spiro atoms. The molecular formula is C17H28N2O. The minimum Gasteiger partial charge on any atom is -0.381 e. The highest BCUT2D eigenvalue weighted by atomic mass is 16.5. The fraction of sp³-hybridized carbons (Fsp3) is 0.765. The van der Waals surface area contributed by atoms with Crippen molar-refractivity contribution >= 4 is 0 Å². The molecule has 1 aliphatic heterocycles. The van der Waals surface area contributed by atoms with Crippen molar-refractivity contribution in [2.24, 2.45) is 17.1 Å². The number of hydrogen-bond donors (Lipinski definition) is 1. The van der Waals surface area contributed by atoms with E-state index in [2.05, 4.69) is 31.4 Å². The number of nitrogens with two attached hydrogens (primary N) is 1. The Balaban J connectivity index is 1.88. The van der Waals surface area contributed by atoms with E-state index in [9.17, 15) is 0 Å². The molecule has 0 bridgehead atoms. The Kier molecular flexibility index (Phi) is 3.67. The van der Waals surface area contributed by atoms with Crippen LogP contribution in [0.1, 0.15) is 56.1 Å². The summed E-state index contributed by atoms with van der Waals surface area (Å²) >= 11 is 0. The van der Waals surface area contributed by atoms with Gasteiger partial charge in [0, 0.05) is 36.5 Å². The molecule has 1 aromatic heterocycles. The van der Waals surface area contributed by atoms with Crippen LogP contribution in [0, 0.1) is 18.3 Å². The smallest absolute Gasteiger partial charge is 0.0511 e. The van der Waals surface area contributed by atoms with Crippen LogP contribution in [0.25, 0.3) is 0 Å². The molecule has 20 heavy (non-hydrogen) atoms. The van der Waals surface area contributed by atoms with E-state index in [4.69, 9.17) is 10.5 Å². The summed E-state index contributed by atoms with van der Waals surface area (Å²) in [6.45, 7) is 9.86. The highest BCUT2D eigenvalue weighted by Gasteiger charge is 2.33. The summed E-state index contributed by atoms with van der Waals surface area (Å²) in [7, 11) is 0. The van der Waals surface area contributed by atoms with E-state index < -0.39 is 0 Å². The zero-order valence-corrected chi connectivity index (χ0v) is 13.1. The molecule has 2 atom stereocenters. The first-order valence-electron chi connectivity index (χ1n) is 7.98. The Hall–Kier alpha value is -0.800. The first-order valence-corrected chi connectivity index (χ1v) is 7.98. The van der Waals surface area contributed by atoms with Gasteiger partial charge in [-0.2, -0.15) is 0 Å². The Labute approximate surface area is 122 Å². The molecule has 3 heteroatoms. The standard InChI is InChI=1S/C17H28N2O/c1-12-7-14-15(18)8-17(2,3)9-16(14)19(12)10-13-5-4-6-20-11-13/h7,13,15H,4-6,8-11,18H2,1-3H3. The summed E-state index contributed by atoms with van der Waals surface area (Å²) in [6, 6.07) is 2.52. The van der Waals surface area contributed by atoms with Gasteiger partial charge in [0.15, 0.2) is 0 Å². The largest absolute Gasteiger partial charge is 0.381 e. The monoisotopic (exact) mass is 276 g/mol. The first kappa shape index (κ1) is 14.2. The van der Waals surface area contributed by atoms with Crippen LogP contribution < -0.4 is 5.73 Å². The number of rotatable bonds is 2. The van der Waals surface area contributed by atoms with E-state index >= 15 is 0 Å². The number of aromatic nitrogens is 1.